The average molecular weight is 808 g/mol. The highest BCUT2D eigenvalue weighted by molar-refractivity contribution is 7.18. The Labute approximate surface area is 338 Å². The number of aliphatic hydroxyl groups is 1. The number of rotatable bonds is 13. The van der Waals surface area contributed by atoms with Crippen molar-refractivity contribution in [3.05, 3.63) is 94.1 Å². The van der Waals surface area contributed by atoms with Crippen LogP contribution in [0.5, 0.6) is 11.6 Å². The van der Waals surface area contributed by atoms with E-state index in [1.807, 2.05) is 75.7 Å². The molecule has 0 unspecified atom stereocenters. The molecule has 0 aliphatic carbocycles. The average Bonchev–Trinajstić information content (AvgIpc) is 3.99. The Balaban J connectivity index is 0.838. The molecule has 57 heavy (non-hydrogen) atoms. The molecule has 2 aliphatic heterocycles. The van der Waals surface area contributed by atoms with E-state index in [4.69, 9.17) is 9.26 Å². The summed E-state index contributed by atoms with van der Waals surface area (Å²) in [7, 11) is 0. The SMILES string of the molecule is Cc1ncsc1-c1ccc([C@H](C)NC(=O)[C@@H]2C[C@@H](O)CN2C(=O)[C@@H](c2cc(OCCN3CC(c4cc5cc(-c6ccccc6O)nnc5s4)C3)no2)C(C)C)cc1. The second kappa shape index (κ2) is 16.3. The van der Waals surface area contributed by atoms with Crippen molar-refractivity contribution in [1.29, 1.82) is 0 Å². The Bertz CT molecular complexity index is 2370. The van der Waals surface area contributed by atoms with Gasteiger partial charge in [-0.15, -0.1) is 32.9 Å². The molecule has 13 nitrogen and oxygen atoms in total. The fraction of sp³-hybridized carbons (Fsp3) is 0.381. The van der Waals surface area contributed by atoms with Crippen LogP contribution < -0.4 is 10.1 Å². The van der Waals surface area contributed by atoms with Crippen LogP contribution in [-0.2, 0) is 9.59 Å². The number of para-hydroxylation sites is 1. The van der Waals surface area contributed by atoms with E-state index in [-0.39, 0.29) is 42.5 Å². The number of thiazole rings is 1. The number of hydrogen-bond donors (Lipinski definition) is 3. The summed E-state index contributed by atoms with van der Waals surface area (Å²) < 4.78 is 11.6. The molecule has 6 heterocycles. The number of hydrogen-bond acceptors (Lipinski definition) is 13. The number of thiophene rings is 1. The molecule has 4 atom stereocenters. The summed E-state index contributed by atoms with van der Waals surface area (Å²) in [4.78, 5) is 39.1. The molecule has 2 aliphatic rings. The molecule has 296 valence electrons. The lowest BCUT2D eigenvalue weighted by atomic mass is 9.91. The second-order valence-electron chi connectivity index (χ2n) is 15.3. The van der Waals surface area contributed by atoms with E-state index in [2.05, 4.69) is 36.6 Å². The maximum absolute atomic E-state index is 14.1. The van der Waals surface area contributed by atoms with Crippen molar-refractivity contribution in [2.24, 2.45) is 5.92 Å². The lowest BCUT2D eigenvalue weighted by Gasteiger charge is -2.38. The van der Waals surface area contributed by atoms with Crippen LogP contribution in [0.15, 0.2) is 76.8 Å². The third-order valence-corrected chi connectivity index (χ3v) is 13.1. The maximum atomic E-state index is 14.1. The van der Waals surface area contributed by atoms with Gasteiger partial charge >= 0.3 is 0 Å². The molecule has 15 heteroatoms. The first-order chi connectivity index (χ1) is 27.5. The van der Waals surface area contributed by atoms with Gasteiger partial charge in [-0.2, -0.15) is 0 Å². The normalized spacial score (nSPS) is 18.5. The number of carbonyl (C=O) groups is 2. The van der Waals surface area contributed by atoms with Crippen LogP contribution in [0.1, 0.15) is 67.0 Å². The van der Waals surface area contributed by atoms with Gasteiger partial charge in [-0.05, 0) is 60.3 Å². The van der Waals surface area contributed by atoms with E-state index in [9.17, 15) is 19.8 Å². The minimum atomic E-state index is -0.823. The number of nitrogens with zero attached hydrogens (tertiary/aromatic N) is 6. The Morgan fingerprint density at radius 1 is 1.04 bits per heavy atom. The maximum Gasteiger partial charge on any atom is 0.254 e. The molecule has 2 aromatic carbocycles. The van der Waals surface area contributed by atoms with E-state index in [0.717, 1.165) is 45.0 Å². The number of carbonyl (C=O) groups excluding carboxylic acids is 2. The summed E-state index contributed by atoms with van der Waals surface area (Å²) in [6.07, 6.45) is -0.668. The summed E-state index contributed by atoms with van der Waals surface area (Å²) in [6.45, 7) is 10.7. The highest BCUT2D eigenvalue weighted by atomic mass is 32.1. The van der Waals surface area contributed by atoms with Crippen LogP contribution in [0.4, 0.5) is 0 Å². The zero-order valence-corrected chi connectivity index (χ0v) is 33.8. The predicted octanol–water partition coefficient (Wildman–Crippen LogP) is 6.54. The molecule has 8 rings (SSSR count). The number of phenols is 1. The molecule has 2 saturated heterocycles. The van der Waals surface area contributed by atoms with Gasteiger partial charge in [0.2, 0.25) is 11.8 Å². The van der Waals surface area contributed by atoms with Crippen LogP contribution in [0.25, 0.3) is 31.9 Å². The Hall–Kier alpha value is -5.22. The third-order valence-electron chi connectivity index (χ3n) is 10.9. The second-order valence-corrected chi connectivity index (χ2v) is 17.2. The van der Waals surface area contributed by atoms with Crippen molar-refractivity contribution in [2.75, 3.05) is 32.8 Å². The van der Waals surface area contributed by atoms with E-state index >= 15 is 0 Å². The summed E-state index contributed by atoms with van der Waals surface area (Å²) in [5, 5.41) is 37.8. The first-order valence-corrected chi connectivity index (χ1v) is 20.9. The molecule has 6 aromatic rings. The number of amides is 2. The fourth-order valence-corrected chi connectivity index (χ4v) is 9.56. The van der Waals surface area contributed by atoms with Crippen LogP contribution in [0, 0.1) is 12.8 Å². The number of ether oxygens (including phenoxy) is 1. The topological polar surface area (TPSA) is 167 Å². The minimum Gasteiger partial charge on any atom is -0.507 e. The Morgan fingerprint density at radius 2 is 1.82 bits per heavy atom. The first-order valence-electron chi connectivity index (χ1n) is 19.2. The molecular weight excluding hydrogens is 763 g/mol. The van der Waals surface area contributed by atoms with Crippen LogP contribution >= 0.6 is 22.7 Å². The van der Waals surface area contributed by atoms with Crippen LogP contribution in [-0.4, -0.2) is 97.1 Å². The van der Waals surface area contributed by atoms with Crippen molar-refractivity contribution in [3.8, 4) is 33.3 Å². The van der Waals surface area contributed by atoms with E-state index in [1.165, 1.54) is 9.78 Å². The van der Waals surface area contributed by atoms with Gasteiger partial charge in [-0.3, -0.25) is 14.5 Å². The zero-order chi connectivity index (χ0) is 39.8. The van der Waals surface area contributed by atoms with Crippen molar-refractivity contribution < 1.29 is 29.1 Å². The molecule has 0 saturated carbocycles. The first kappa shape index (κ1) is 38.6. The summed E-state index contributed by atoms with van der Waals surface area (Å²) in [5.74, 6) is -0.276. The van der Waals surface area contributed by atoms with E-state index < -0.39 is 18.1 Å². The van der Waals surface area contributed by atoms with Gasteiger partial charge in [-0.1, -0.05) is 50.2 Å². The summed E-state index contributed by atoms with van der Waals surface area (Å²) in [5.41, 5.74) is 6.11. The fourth-order valence-electron chi connectivity index (χ4n) is 7.71. The van der Waals surface area contributed by atoms with Crippen LogP contribution in [0.2, 0.25) is 0 Å². The number of β-amino-alcohol motifs (C(OH)–C–C–N with tert-alkyl or cyclic N) is 1. The van der Waals surface area contributed by atoms with Gasteiger partial charge in [0, 0.05) is 60.4 Å². The number of nitrogens with one attached hydrogen (secondary N) is 1. The summed E-state index contributed by atoms with van der Waals surface area (Å²) >= 11 is 3.24. The molecular formula is C42H45N7O6S2. The molecule has 0 bridgehead atoms. The van der Waals surface area contributed by atoms with Gasteiger partial charge in [0.15, 0.2) is 5.76 Å². The smallest absolute Gasteiger partial charge is 0.254 e. The highest BCUT2D eigenvalue weighted by Crippen LogP contribution is 2.37. The molecule has 3 N–H and O–H groups in total. The molecule has 4 aromatic heterocycles. The Kier molecular flexibility index (Phi) is 11.1. The van der Waals surface area contributed by atoms with Crippen molar-refractivity contribution >= 4 is 44.7 Å². The highest BCUT2D eigenvalue weighted by Gasteiger charge is 2.43. The number of benzene rings is 2. The van der Waals surface area contributed by atoms with E-state index in [1.54, 1.807) is 40.9 Å². The molecule has 2 fully saturated rings. The quantitative estimate of drug-likeness (QED) is 0.116. The molecule has 0 spiro atoms. The van der Waals surface area contributed by atoms with Crippen molar-refractivity contribution in [3.63, 3.8) is 0 Å². The molecule has 0 radical (unpaired) electrons. The summed E-state index contributed by atoms with van der Waals surface area (Å²) in [6, 6.07) is 19.8. The van der Waals surface area contributed by atoms with E-state index in [0.29, 0.717) is 42.0 Å². The largest absolute Gasteiger partial charge is 0.507 e. The van der Waals surface area contributed by atoms with Gasteiger partial charge in [0.25, 0.3) is 5.88 Å². The monoisotopic (exact) mass is 807 g/mol. The van der Waals surface area contributed by atoms with Gasteiger partial charge in [-0.25, -0.2) is 4.98 Å². The van der Waals surface area contributed by atoms with Crippen LogP contribution in [0.3, 0.4) is 0 Å². The number of phenolic OH excluding ortho intramolecular Hbond substituents is 1. The van der Waals surface area contributed by atoms with Gasteiger partial charge in [0.1, 0.15) is 29.1 Å². The standard InChI is InChI=1S/C42H45N7O6S2/c1-23(2)38(42(53)49-21-30(50)17-33(49)40(52)44-24(3)26-9-11-27(12-10-26)39-25(4)43-22-56-39)35-18-37(47-55-35)54-14-13-48-19-29(20-48)36-16-28-15-32(45-46-41(28)57-36)31-7-5-6-8-34(31)51/h5-12,15-16,18,22-24,29-30,33,38,50-51H,13-14,17,19-21H2,1-4H3,(H,44,52)/t24-,30+,33-,38+/m0/s1. The number of likely N-dealkylation sites (tertiary alicyclic amines) is 2. The number of aromatic hydroxyl groups is 1. The predicted molar refractivity (Wildman–Crippen MR) is 218 cm³/mol. The number of aliphatic hydroxyl groups excluding tert-OH is 1. The van der Waals surface area contributed by atoms with Gasteiger partial charge < -0.3 is 29.7 Å². The third kappa shape index (κ3) is 8.15. The lowest BCUT2D eigenvalue weighted by Crippen LogP contribution is -2.48. The minimum absolute atomic E-state index is 0.0555. The molecule has 2 amide bonds. The lowest BCUT2D eigenvalue weighted by molar-refractivity contribution is -0.141. The van der Waals surface area contributed by atoms with Gasteiger partial charge in [0.05, 0.1) is 33.9 Å². The number of fused-ring (bicyclic) bond motifs is 1. The Morgan fingerprint density at radius 3 is 2.56 bits per heavy atom. The van der Waals surface area contributed by atoms with Crippen molar-refractivity contribution in [1.82, 2.24) is 35.5 Å². The number of aryl methyl sites for hydroxylation is 1. The zero-order valence-electron chi connectivity index (χ0n) is 32.2. The van der Waals surface area contributed by atoms with Crippen molar-refractivity contribution in [2.45, 2.75) is 64.1 Å². The number of aromatic nitrogens is 4.